The summed E-state index contributed by atoms with van der Waals surface area (Å²) in [5.74, 6) is 1.17. The first-order valence-electron chi connectivity index (χ1n) is 6.62. The predicted molar refractivity (Wildman–Crippen MR) is 66.6 cm³/mol. The second-order valence-electron chi connectivity index (χ2n) is 6.40. The van der Waals surface area contributed by atoms with Crippen LogP contribution in [0.1, 0.15) is 46.5 Å². The lowest BCUT2D eigenvalue weighted by Gasteiger charge is -2.24. The maximum Gasteiger partial charge on any atom is 0.407 e. The molecule has 4 nitrogen and oxygen atoms in total. The Morgan fingerprint density at radius 1 is 1.18 bits per heavy atom. The van der Waals surface area contributed by atoms with Crippen molar-refractivity contribution in [3.8, 4) is 0 Å². The van der Waals surface area contributed by atoms with Gasteiger partial charge in [-0.2, -0.15) is 0 Å². The highest BCUT2D eigenvalue weighted by atomic mass is 16.6. The smallest absolute Gasteiger partial charge is 0.407 e. The highest BCUT2D eigenvalue weighted by Crippen LogP contribution is 2.43. The van der Waals surface area contributed by atoms with Gasteiger partial charge in [-0.25, -0.2) is 4.79 Å². The number of hydrogen-bond acceptors (Lipinski definition) is 3. The number of alkyl carbamates (subject to hydrolysis) is 1. The third-order valence-corrected chi connectivity index (χ3v) is 3.96. The average molecular weight is 240 g/mol. The summed E-state index contributed by atoms with van der Waals surface area (Å²) in [4.78, 5) is 11.7. The topological polar surface area (TPSA) is 64.3 Å². The van der Waals surface area contributed by atoms with E-state index in [4.69, 9.17) is 10.5 Å². The monoisotopic (exact) mass is 240 g/mol. The first-order chi connectivity index (χ1) is 7.87. The normalized spacial score (nSPS) is 36.7. The van der Waals surface area contributed by atoms with Crippen LogP contribution in [-0.4, -0.2) is 23.8 Å². The van der Waals surface area contributed by atoms with E-state index in [9.17, 15) is 4.79 Å². The zero-order chi connectivity index (χ0) is 12.6. The molecule has 0 bridgehead atoms. The molecule has 0 aromatic heterocycles. The Morgan fingerprint density at radius 2 is 1.82 bits per heavy atom. The molecule has 17 heavy (non-hydrogen) atoms. The Hall–Kier alpha value is -0.770. The molecule has 0 saturated heterocycles. The average Bonchev–Trinajstić information content (AvgIpc) is 2.69. The first kappa shape index (κ1) is 12.7. The standard InChI is InChI=1S/C13H24N2O2/c1-13(2,3)17-12(16)15-11-7-5-8-9(11)4-6-10(8)14/h8-11H,4-7,14H2,1-3H3,(H,15,16)/t8-,9-,10+,11-/m0/s1. The van der Waals surface area contributed by atoms with Gasteiger partial charge in [-0.15, -0.1) is 0 Å². The predicted octanol–water partition coefficient (Wildman–Crippen LogP) is 2.03. The number of amides is 1. The number of fused-ring (bicyclic) bond motifs is 1. The Labute approximate surface area is 103 Å². The summed E-state index contributed by atoms with van der Waals surface area (Å²) in [7, 11) is 0. The first-order valence-corrected chi connectivity index (χ1v) is 6.62. The van der Waals surface area contributed by atoms with Gasteiger partial charge < -0.3 is 15.8 Å². The fraction of sp³-hybridized carbons (Fsp3) is 0.923. The molecule has 0 radical (unpaired) electrons. The molecule has 0 aliphatic heterocycles. The van der Waals surface area contributed by atoms with E-state index in [0.29, 0.717) is 17.9 Å². The molecular formula is C13H24N2O2. The SMILES string of the molecule is CC(C)(C)OC(=O)N[C@H]1CC[C@H]2[C@@H]1CC[C@H]2N. The lowest BCUT2D eigenvalue weighted by Crippen LogP contribution is -2.41. The molecule has 0 aromatic rings. The van der Waals surface area contributed by atoms with Crippen LogP contribution in [0, 0.1) is 11.8 Å². The number of carbonyl (C=O) groups excluding carboxylic acids is 1. The minimum absolute atomic E-state index is 0.267. The molecule has 3 N–H and O–H groups in total. The summed E-state index contributed by atoms with van der Waals surface area (Å²) in [5, 5.41) is 3.01. The van der Waals surface area contributed by atoms with Gasteiger partial charge in [0.1, 0.15) is 5.60 Å². The van der Waals surface area contributed by atoms with E-state index >= 15 is 0 Å². The summed E-state index contributed by atoms with van der Waals surface area (Å²) in [6, 6.07) is 0.605. The van der Waals surface area contributed by atoms with Crippen molar-refractivity contribution in [1.29, 1.82) is 0 Å². The molecule has 0 heterocycles. The van der Waals surface area contributed by atoms with Crippen LogP contribution in [0.5, 0.6) is 0 Å². The summed E-state index contributed by atoms with van der Waals surface area (Å²) in [5.41, 5.74) is 5.65. The molecule has 0 unspecified atom stereocenters. The minimum atomic E-state index is -0.422. The molecule has 98 valence electrons. The van der Waals surface area contributed by atoms with Crippen LogP contribution >= 0.6 is 0 Å². The Kier molecular flexibility index (Phi) is 3.34. The molecule has 2 rings (SSSR count). The molecule has 1 amide bonds. The van der Waals surface area contributed by atoms with Gasteiger partial charge in [0.05, 0.1) is 0 Å². The zero-order valence-electron chi connectivity index (χ0n) is 11.0. The fourth-order valence-electron chi connectivity index (χ4n) is 3.28. The van der Waals surface area contributed by atoms with Gasteiger partial charge in [0, 0.05) is 12.1 Å². The second kappa shape index (κ2) is 4.48. The summed E-state index contributed by atoms with van der Waals surface area (Å²) in [6.07, 6.45) is 4.14. The zero-order valence-corrected chi connectivity index (χ0v) is 11.0. The van der Waals surface area contributed by atoms with Gasteiger partial charge in [0.25, 0.3) is 0 Å². The summed E-state index contributed by atoms with van der Waals surface area (Å²) >= 11 is 0. The van der Waals surface area contributed by atoms with E-state index in [0.717, 1.165) is 25.7 Å². The van der Waals surface area contributed by atoms with Gasteiger partial charge in [-0.1, -0.05) is 0 Å². The van der Waals surface area contributed by atoms with E-state index in [1.807, 2.05) is 20.8 Å². The van der Waals surface area contributed by atoms with Crippen LogP contribution in [-0.2, 0) is 4.74 Å². The van der Waals surface area contributed by atoms with Crippen molar-refractivity contribution >= 4 is 6.09 Å². The molecule has 2 aliphatic carbocycles. The number of carbonyl (C=O) groups is 1. The van der Waals surface area contributed by atoms with Crippen LogP contribution in [0.15, 0.2) is 0 Å². The van der Waals surface area contributed by atoms with Crippen molar-refractivity contribution in [3.05, 3.63) is 0 Å². The number of rotatable bonds is 1. The summed E-state index contributed by atoms with van der Waals surface area (Å²) in [6.45, 7) is 5.65. The third-order valence-electron chi connectivity index (χ3n) is 3.96. The highest BCUT2D eigenvalue weighted by molar-refractivity contribution is 5.68. The molecular weight excluding hydrogens is 216 g/mol. The Balaban J connectivity index is 1.86. The molecule has 0 aromatic carbocycles. The van der Waals surface area contributed by atoms with E-state index < -0.39 is 5.60 Å². The van der Waals surface area contributed by atoms with Crippen molar-refractivity contribution in [2.75, 3.05) is 0 Å². The van der Waals surface area contributed by atoms with Crippen LogP contribution in [0.25, 0.3) is 0 Å². The lowest BCUT2D eigenvalue weighted by atomic mass is 9.96. The summed E-state index contributed by atoms with van der Waals surface area (Å²) < 4.78 is 5.29. The van der Waals surface area contributed by atoms with Gasteiger partial charge in [-0.3, -0.25) is 0 Å². The van der Waals surface area contributed by atoms with Crippen molar-refractivity contribution in [1.82, 2.24) is 5.32 Å². The molecule has 2 aliphatic rings. The minimum Gasteiger partial charge on any atom is -0.444 e. The van der Waals surface area contributed by atoms with Crippen LogP contribution in [0.2, 0.25) is 0 Å². The molecule has 2 fully saturated rings. The van der Waals surface area contributed by atoms with E-state index in [1.54, 1.807) is 0 Å². The maximum absolute atomic E-state index is 11.7. The second-order valence-corrected chi connectivity index (χ2v) is 6.40. The molecule has 0 spiro atoms. The number of ether oxygens (including phenoxy) is 1. The highest BCUT2D eigenvalue weighted by Gasteiger charge is 2.44. The van der Waals surface area contributed by atoms with E-state index in [-0.39, 0.29) is 12.1 Å². The lowest BCUT2D eigenvalue weighted by molar-refractivity contribution is 0.0491. The van der Waals surface area contributed by atoms with Gasteiger partial charge in [-0.05, 0) is 58.3 Å². The molecule has 4 heteroatoms. The van der Waals surface area contributed by atoms with Crippen molar-refractivity contribution in [2.24, 2.45) is 17.6 Å². The van der Waals surface area contributed by atoms with Crippen LogP contribution in [0.4, 0.5) is 4.79 Å². The Morgan fingerprint density at radius 3 is 2.47 bits per heavy atom. The van der Waals surface area contributed by atoms with Crippen molar-refractivity contribution in [2.45, 2.75) is 64.1 Å². The number of nitrogens with one attached hydrogen (secondary N) is 1. The van der Waals surface area contributed by atoms with Crippen molar-refractivity contribution in [3.63, 3.8) is 0 Å². The Bertz CT molecular complexity index is 298. The van der Waals surface area contributed by atoms with Gasteiger partial charge in [0.2, 0.25) is 0 Å². The fourth-order valence-corrected chi connectivity index (χ4v) is 3.28. The maximum atomic E-state index is 11.7. The molecule has 4 atom stereocenters. The van der Waals surface area contributed by atoms with Gasteiger partial charge >= 0.3 is 6.09 Å². The largest absolute Gasteiger partial charge is 0.444 e. The van der Waals surface area contributed by atoms with Crippen molar-refractivity contribution < 1.29 is 9.53 Å². The quantitative estimate of drug-likeness (QED) is 0.737. The number of hydrogen-bond donors (Lipinski definition) is 2. The third kappa shape index (κ3) is 2.92. The van der Waals surface area contributed by atoms with E-state index in [2.05, 4.69) is 5.32 Å². The van der Waals surface area contributed by atoms with Gasteiger partial charge in [0.15, 0.2) is 0 Å². The van der Waals surface area contributed by atoms with E-state index in [1.165, 1.54) is 0 Å². The molecule has 2 saturated carbocycles. The number of nitrogens with two attached hydrogens (primary N) is 1. The van der Waals surface area contributed by atoms with Crippen LogP contribution < -0.4 is 11.1 Å². The van der Waals surface area contributed by atoms with Crippen LogP contribution in [0.3, 0.4) is 0 Å².